The van der Waals surface area contributed by atoms with Crippen molar-refractivity contribution >= 4 is 11.6 Å². The third-order valence-corrected chi connectivity index (χ3v) is 3.32. The number of amides is 1. The van der Waals surface area contributed by atoms with Crippen LogP contribution in [0.5, 0.6) is 5.75 Å². The SMILES string of the molecule is CC(C)c1noc(CCC(=O)NCc2cc([N+](=O)[O-])ccc2O)n1. The summed E-state index contributed by atoms with van der Waals surface area (Å²) < 4.78 is 5.04. The molecule has 0 bridgehead atoms. The zero-order valence-electron chi connectivity index (χ0n) is 13.4. The van der Waals surface area contributed by atoms with Gasteiger partial charge in [0.15, 0.2) is 5.82 Å². The first-order chi connectivity index (χ1) is 11.4. The minimum atomic E-state index is -0.563. The Bertz CT molecular complexity index is 741. The largest absolute Gasteiger partial charge is 0.508 e. The molecule has 0 unspecified atom stereocenters. The number of hydrogen-bond donors (Lipinski definition) is 2. The van der Waals surface area contributed by atoms with Crippen LogP contribution in [0.1, 0.15) is 43.5 Å². The summed E-state index contributed by atoms with van der Waals surface area (Å²) in [5.41, 5.74) is 0.126. The van der Waals surface area contributed by atoms with E-state index in [1.54, 1.807) is 0 Å². The summed E-state index contributed by atoms with van der Waals surface area (Å²) in [5, 5.41) is 26.8. The lowest BCUT2D eigenvalue weighted by Crippen LogP contribution is -2.23. The predicted octanol–water partition coefficient (Wildman–Crippen LogP) is 2.06. The Kier molecular flexibility index (Phi) is 5.46. The van der Waals surface area contributed by atoms with Gasteiger partial charge in [0.2, 0.25) is 11.8 Å². The number of hydrogen-bond acceptors (Lipinski definition) is 7. The molecule has 9 nitrogen and oxygen atoms in total. The van der Waals surface area contributed by atoms with Gasteiger partial charge in [-0.3, -0.25) is 14.9 Å². The number of non-ortho nitro benzene ring substituents is 1. The number of benzene rings is 1. The zero-order chi connectivity index (χ0) is 17.7. The first kappa shape index (κ1) is 17.4. The van der Waals surface area contributed by atoms with Gasteiger partial charge in [0.25, 0.3) is 5.69 Å². The van der Waals surface area contributed by atoms with Gasteiger partial charge in [-0.15, -0.1) is 0 Å². The van der Waals surface area contributed by atoms with Crippen LogP contribution in [0, 0.1) is 10.1 Å². The van der Waals surface area contributed by atoms with Crippen LogP contribution in [0.15, 0.2) is 22.7 Å². The lowest BCUT2D eigenvalue weighted by molar-refractivity contribution is -0.384. The average molecular weight is 334 g/mol. The number of aryl methyl sites for hydroxylation is 1. The van der Waals surface area contributed by atoms with Crippen LogP contribution in [0.2, 0.25) is 0 Å². The van der Waals surface area contributed by atoms with Gasteiger partial charge in [-0.2, -0.15) is 4.98 Å². The van der Waals surface area contributed by atoms with Crippen LogP contribution >= 0.6 is 0 Å². The predicted molar refractivity (Wildman–Crippen MR) is 83.3 cm³/mol. The maximum absolute atomic E-state index is 11.8. The maximum Gasteiger partial charge on any atom is 0.270 e. The van der Waals surface area contributed by atoms with E-state index in [-0.39, 0.29) is 41.8 Å². The third kappa shape index (κ3) is 4.51. The van der Waals surface area contributed by atoms with Crippen LogP contribution in [-0.2, 0) is 17.8 Å². The highest BCUT2D eigenvalue weighted by Gasteiger charge is 2.13. The van der Waals surface area contributed by atoms with E-state index < -0.39 is 4.92 Å². The Labute approximate surface area is 137 Å². The second kappa shape index (κ2) is 7.53. The number of nitrogens with one attached hydrogen (secondary N) is 1. The lowest BCUT2D eigenvalue weighted by atomic mass is 10.1. The zero-order valence-corrected chi connectivity index (χ0v) is 13.4. The summed E-state index contributed by atoms with van der Waals surface area (Å²) >= 11 is 0. The average Bonchev–Trinajstić information content (AvgIpc) is 3.01. The number of phenolic OH excluding ortho intramolecular Hbond substituents is 1. The molecule has 1 aromatic heterocycles. The maximum atomic E-state index is 11.8. The van der Waals surface area contributed by atoms with E-state index in [1.165, 1.54) is 18.2 Å². The normalized spacial score (nSPS) is 10.8. The summed E-state index contributed by atoms with van der Waals surface area (Å²) in [7, 11) is 0. The molecule has 0 aliphatic heterocycles. The smallest absolute Gasteiger partial charge is 0.270 e. The molecule has 128 valence electrons. The molecule has 0 radical (unpaired) electrons. The van der Waals surface area contributed by atoms with Crippen LogP contribution in [0.3, 0.4) is 0 Å². The second-order valence-electron chi connectivity index (χ2n) is 5.55. The van der Waals surface area contributed by atoms with E-state index in [1.807, 2.05) is 13.8 Å². The van der Waals surface area contributed by atoms with Gasteiger partial charge in [-0.1, -0.05) is 19.0 Å². The summed E-state index contributed by atoms with van der Waals surface area (Å²) in [6, 6.07) is 3.65. The van der Waals surface area contributed by atoms with Crippen LogP contribution in [0.4, 0.5) is 5.69 Å². The van der Waals surface area contributed by atoms with E-state index in [9.17, 15) is 20.0 Å². The van der Waals surface area contributed by atoms with Crippen molar-refractivity contribution in [2.24, 2.45) is 0 Å². The molecule has 0 aliphatic carbocycles. The number of rotatable bonds is 7. The van der Waals surface area contributed by atoms with Crippen molar-refractivity contribution in [3.8, 4) is 5.75 Å². The molecule has 24 heavy (non-hydrogen) atoms. The molecule has 2 aromatic rings. The van der Waals surface area contributed by atoms with Crippen molar-refractivity contribution in [2.45, 2.75) is 39.2 Å². The highest BCUT2D eigenvalue weighted by atomic mass is 16.6. The Morgan fingerprint density at radius 1 is 1.46 bits per heavy atom. The fourth-order valence-corrected chi connectivity index (χ4v) is 1.93. The number of nitro benzene ring substituents is 1. The molecule has 0 saturated heterocycles. The van der Waals surface area contributed by atoms with Crippen molar-refractivity contribution in [1.29, 1.82) is 0 Å². The topological polar surface area (TPSA) is 131 Å². The fourth-order valence-electron chi connectivity index (χ4n) is 1.93. The fraction of sp³-hybridized carbons (Fsp3) is 0.400. The highest BCUT2D eigenvalue weighted by Crippen LogP contribution is 2.22. The molecule has 0 aliphatic rings. The van der Waals surface area contributed by atoms with E-state index in [2.05, 4.69) is 15.5 Å². The monoisotopic (exact) mass is 334 g/mol. The van der Waals surface area contributed by atoms with Crippen molar-refractivity contribution < 1.29 is 19.3 Å². The van der Waals surface area contributed by atoms with E-state index in [0.717, 1.165) is 0 Å². The summed E-state index contributed by atoms with van der Waals surface area (Å²) in [6.45, 7) is 3.87. The van der Waals surface area contributed by atoms with Crippen LogP contribution < -0.4 is 5.32 Å². The molecule has 0 atom stereocenters. The van der Waals surface area contributed by atoms with E-state index in [0.29, 0.717) is 18.1 Å². The number of nitrogens with zero attached hydrogens (tertiary/aromatic N) is 3. The standard InChI is InChI=1S/C15H18N4O5/c1-9(2)15-17-14(24-18-15)6-5-13(21)16-8-10-7-11(19(22)23)3-4-12(10)20/h3-4,7,9,20H,5-6,8H2,1-2H3,(H,16,21). The van der Waals surface area contributed by atoms with Crippen LogP contribution in [0.25, 0.3) is 0 Å². The van der Waals surface area contributed by atoms with Gasteiger partial charge >= 0.3 is 0 Å². The Hall–Kier alpha value is -2.97. The highest BCUT2D eigenvalue weighted by molar-refractivity contribution is 5.76. The van der Waals surface area contributed by atoms with Gasteiger partial charge in [0.05, 0.1) is 4.92 Å². The summed E-state index contributed by atoms with van der Waals surface area (Å²) in [5.74, 6) is 0.719. The molecule has 0 spiro atoms. The third-order valence-electron chi connectivity index (χ3n) is 3.32. The lowest BCUT2D eigenvalue weighted by Gasteiger charge is -2.06. The molecular formula is C15H18N4O5. The molecule has 1 heterocycles. The second-order valence-corrected chi connectivity index (χ2v) is 5.55. The molecule has 0 fully saturated rings. The molecular weight excluding hydrogens is 316 g/mol. The number of carbonyl (C=O) groups excluding carboxylic acids is 1. The molecule has 1 amide bonds. The first-order valence-corrected chi connectivity index (χ1v) is 7.42. The molecule has 2 N–H and O–H groups in total. The summed E-state index contributed by atoms with van der Waals surface area (Å²) in [6.07, 6.45) is 0.432. The molecule has 9 heteroatoms. The molecule has 2 rings (SSSR count). The van der Waals surface area contributed by atoms with E-state index >= 15 is 0 Å². The number of nitro groups is 1. The Morgan fingerprint density at radius 2 is 2.21 bits per heavy atom. The van der Waals surface area contributed by atoms with Crippen LogP contribution in [-0.4, -0.2) is 26.1 Å². The van der Waals surface area contributed by atoms with Gasteiger partial charge in [0.1, 0.15) is 5.75 Å². The number of phenols is 1. The molecule has 1 aromatic carbocycles. The van der Waals surface area contributed by atoms with Gasteiger partial charge in [0, 0.05) is 43.0 Å². The summed E-state index contributed by atoms with van der Waals surface area (Å²) in [4.78, 5) is 26.2. The Balaban J connectivity index is 1.86. The van der Waals surface area contributed by atoms with Crippen molar-refractivity contribution in [1.82, 2.24) is 15.5 Å². The number of carbonyl (C=O) groups is 1. The van der Waals surface area contributed by atoms with Gasteiger partial charge < -0.3 is 14.9 Å². The number of aromatic hydroxyl groups is 1. The van der Waals surface area contributed by atoms with Crippen molar-refractivity contribution in [2.75, 3.05) is 0 Å². The quantitative estimate of drug-likeness (QED) is 0.585. The van der Waals surface area contributed by atoms with Crippen molar-refractivity contribution in [3.05, 3.63) is 45.6 Å². The van der Waals surface area contributed by atoms with E-state index in [4.69, 9.17) is 4.52 Å². The first-order valence-electron chi connectivity index (χ1n) is 7.42. The minimum Gasteiger partial charge on any atom is -0.508 e. The Morgan fingerprint density at radius 3 is 2.83 bits per heavy atom. The number of aromatic nitrogens is 2. The molecule has 0 saturated carbocycles. The van der Waals surface area contributed by atoms with Crippen molar-refractivity contribution in [3.63, 3.8) is 0 Å². The van der Waals surface area contributed by atoms with Gasteiger partial charge in [-0.25, -0.2) is 0 Å². The minimum absolute atomic E-state index is 0.00652. The van der Waals surface area contributed by atoms with Gasteiger partial charge in [-0.05, 0) is 6.07 Å².